The topological polar surface area (TPSA) is 90.0 Å². The molecule has 1 heterocycles. The minimum atomic E-state index is -0.575. The molecule has 0 radical (unpaired) electrons. The van der Waals surface area contributed by atoms with Crippen LogP contribution in [0.15, 0.2) is 17.1 Å². The molecule has 0 aliphatic heterocycles. The van der Waals surface area contributed by atoms with Gasteiger partial charge in [0.05, 0.1) is 11.9 Å². The second-order valence-electron chi connectivity index (χ2n) is 3.98. The molecule has 1 amide bonds. The van der Waals surface area contributed by atoms with Gasteiger partial charge in [0.25, 0.3) is 5.56 Å². The van der Waals surface area contributed by atoms with E-state index in [1.165, 1.54) is 12.5 Å². The van der Waals surface area contributed by atoms with Gasteiger partial charge in [-0.05, 0) is 19.3 Å². The van der Waals surface area contributed by atoms with Crippen molar-refractivity contribution < 1.29 is 4.79 Å². The van der Waals surface area contributed by atoms with Crippen LogP contribution in [0.1, 0.15) is 19.3 Å². The summed E-state index contributed by atoms with van der Waals surface area (Å²) in [6.07, 6.45) is 5.03. The summed E-state index contributed by atoms with van der Waals surface area (Å²) in [4.78, 5) is 22.2. The van der Waals surface area contributed by atoms with Crippen molar-refractivity contribution in [1.82, 2.24) is 9.78 Å². The third kappa shape index (κ3) is 2.39. The van der Waals surface area contributed by atoms with Gasteiger partial charge in [-0.2, -0.15) is 5.10 Å². The lowest BCUT2D eigenvalue weighted by Crippen LogP contribution is -2.31. The van der Waals surface area contributed by atoms with Crippen LogP contribution in [0.4, 0.5) is 5.69 Å². The molecule has 0 spiro atoms. The predicted molar refractivity (Wildman–Crippen MR) is 59.0 cm³/mol. The minimum absolute atomic E-state index is 0.178. The smallest absolute Gasteiger partial charge is 0.269 e. The number of carbonyl (C=O) groups is 1. The second-order valence-corrected chi connectivity index (χ2v) is 3.98. The Morgan fingerprint density at radius 2 is 2.38 bits per heavy atom. The number of nitrogens with zero attached hydrogens (tertiary/aromatic N) is 2. The fourth-order valence-corrected chi connectivity index (χ4v) is 1.57. The first-order chi connectivity index (χ1) is 7.65. The fraction of sp³-hybridized carbons (Fsp3) is 0.500. The average Bonchev–Trinajstić information content (AvgIpc) is 2.15. The van der Waals surface area contributed by atoms with Crippen LogP contribution in [0.25, 0.3) is 0 Å². The standard InChI is InChI=1S/C10H14N4O2/c11-9(15)6-14-10(16)4-8(5-12-14)13-7-2-1-3-7/h4-5,7,13H,1-3,6H2,(H2,11,15). The Bertz CT molecular complexity index is 450. The zero-order valence-corrected chi connectivity index (χ0v) is 8.85. The van der Waals surface area contributed by atoms with E-state index in [1.54, 1.807) is 6.20 Å². The minimum Gasteiger partial charge on any atom is -0.381 e. The van der Waals surface area contributed by atoms with Gasteiger partial charge in [0, 0.05) is 12.1 Å². The number of rotatable bonds is 4. The number of carbonyl (C=O) groups excluding carboxylic acids is 1. The number of aromatic nitrogens is 2. The first-order valence-corrected chi connectivity index (χ1v) is 5.27. The summed E-state index contributed by atoms with van der Waals surface area (Å²) in [7, 11) is 0. The molecule has 16 heavy (non-hydrogen) atoms. The number of nitrogens with one attached hydrogen (secondary N) is 1. The molecule has 2 rings (SSSR count). The van der Waals surface area contributed by atoms with Crippen LogP contribution >= 0.6 is 0 Å². The first-order valence-electron chi connectivity index (χ1n) is 5.27. The van der Waals surface area contributed by atoms with E-state index in [0.717, 1.165) is 17.5 Å². The molecule has 1 aromatic heterocycles. The van der Waals surface area contributed by atoms with Crippen LogP contribution in [-0.2, 0) is 11.3 Å². The zero-order valence-electron chi connectivity index (χ0n) is 8.85. The third-order valence-electron chi connectivity index (χ3n) is 2.65. The van der Waals surface area contributed by atoms with Gasteiger partial charge >= 0.3 is 0 Å². The summed E-state index contributed by atoms with van der Waals surface area (Å²) in [6.45, 7) is -0.178. The van der Waals surface area contributed by atoms with Crippen molar-refractivity contribution in [2.24, 2.45) is 5.73 Å². The van der Waals surface area contributed by atoms with Crippen LogP contribution in [0, 0.1) is 0 Å². The molecule has 6 heteroatoms. The quantitative estimate of drug-likeness (QED) is 0.731. The number of anilines is 1. The molecule has 1 saturated carbocycles. The zero-order chi connectivity index (χ0) is 11.5. The fourth-order valence-electron chi connectivity index (χ4n) is 1.57. The van der Waals surface area contributed by atoms with Crippen LogP contribution in [0.2, 0.25) is 0 Å². The van der Waals surface area contributed by atoms with E-state index in [0.29, 0.717) is 11.7 Å². The molecule has 1 aliphatic carbocycles. The molecule has 1 aromatic rings. The van der Waals surface area contributed by atoms with Crippen LogP contribution in [0.3, 0.4) is 0 Å². The maximum atomic E-state index is 11.5. The lowest BCUT2D eigenvalue weighted by molar-refractivity contribution is -0.118. The van der Waals surface area contributed by atoms with Crippen LogP contribution < -0.4 is 16.6 Å². The lowest BCUT2D eigenvalue weighted by atomic mass is 9.93. The van der Waals surface area contributed by atoms with E-state index in [-0.39, 0.29) is 12.1 Å². The summed E-state index contributed by atoms with van der Waals surface area (Å²) in [5.74, 6) is -0.575. The molecule has 1 fully saturated rings. The maximum Gasteiger partial charge on any atom is 0.269 e. The highest BCUT2D eigenvalue weighted by Gasteiger charge is 2.17. The molecule has 0 aromatic carbocycles. The molecule has 86 valence electrons. The number of hydrogen-bond donors (Lipinski definition) is 2. The molecule has 0 unspecified atom stereocenters. The molecule has 3 N–H and O–H groups in total. The van der Waals surface area contributed by atoms with Crippen molar-refractivity contribution in [3.8, 4) is 0 Å². The summed E-state index contributed by atoms with van der Waals surface area (Å²) < 4.78 is 1.05. The summed E-state index contributed by atoms with van der Waals surface area (Å²) in [5, 5.41) is 7.08. The Kier molecular flexibility index (Phi) is 2.89. The largest absolute Gasteiger partial charge is 0.381 e. The monoisotopic (exact) mass is 222 g/mol. The van der Waals surface area contributed by atoms with E-state index in [9.17, 15) is 9.59 Å². The van der Waals surface area contributed by atoms with Gasteiger partial charge in [0.15, 0.2) is 0 Å². The average molecular weight is 222 g/mol. The van der Waals surface area contributed by atoms with Gasteiger partial charge in [-0.25, -0.2) is 4.68 Å². The third-order valence-corrected chi connectivity index (χ3v) is 2.65. The molecular weight excluding hydrogens is 208 g/mol. The number of hydrogen-bond acceptors (Lipinski definition) is 4. The van der Waals surface area contributed by atoms with Crippen molar-refractivity contribution in [2.75, 3.05) is 5.32 Å². The van der Waals surface area contributed by atoms with Gasteiger partial charge in [0.2, 0.25) is 5.91 Å². The van der Waals surface area contributed by atoms with E-state index < -0.39 is 5.91 Å². The Morgan fingerprint density at radius 3 is 2.88 bits per heavy atom. The van der Waals surface area contributed by atoms with Crippen molar-refractivity contribution >= 4 is 11.6 Å². The van der Waals surface area contributed by atoms with Gasteiger partial charge in [-0.3, -0.25) is 9.59 Å². The second kappa shape index (κ2) is 4.34. The van der Waals surface area contributed by atoms with Crippen LogP contribution in [0.5, 0.6) is 0 Å². The first kappa shape index (κ1) is 10.7. The Hall–Kier alpha value is -1.85. The van der Waals surface area contributed by atoms with Crippen LogP contribution in [-0.4, -0.2) is 21.7 Å². The number of primary amides is 1. The van der Waals surface area contributed by atoms with E-state index >= 15 is 0 Å². The van der Waals surface area contributed by atoms with Crippen molar-refractivity contribution in [3.63, 3.8) is 0 Å². The molecule has 0 atom stereocenters. The van der Waals surface area contributed by atoms with Crippen molar-refractivity contribution in [3.05, 3.63) is 22.6 Å². The van der Waals surface area contributed by atoms with E-state index in [1.807, 2.05) is 0 Å². The molecule has 0 bridgehead atoms. The summed E-state index contributed by atoms with van der Waals surface area (Å²) in [6, 6.07) is 1.89. The van der Waals surface area contributed by atoms with Crippen molar-refractivity contribution in [1.29, 1.82) is 0 Å². The lowest BCUT2D eigenvalue weighted by Gasteiger charge is -2.27. The normalized spacial score (nSPS) is 15.5. The molecule has 6 nitrogen and oxygen atoms in total. The van der Waals surface area contributed by atoms with Gasteiger partial charge < -0.3 is 11.1 Å². The SMILES string of the molecule is NC(=O)Cn1ncc(NC2CCC2)cc1=O. The maximum absolute atomic E-state index is 11.5. The highest BCUT2D eigenvalue weighted by Crippen LogP contribution is 2.21. The molecule has 1 aliphatic rings. The highest BCUT2D eigenvalue weighted by atomic mass is 16.2. The van der Waals surface area contributed by atoms with Gasteiger partial charge in [-0.1, -0.05) is 0 Å². The summed E-state index contributed by atoms with van der Waals surface area (Å²) in [5.41, 5.74) is 5.38. The molecule has 0 saturated heterocycles. The highest BCUT2D eigenvalue weighted by molar-refractivity contribution is 5.73. The Labute approximate surface area is 92.4 Å². The number of amides is 1. The van der Waals surface area contributed by atoms with Gasteiger partial charge in [0.1, 0.15) is 6.54 Å². The number of nitrogens with two attached hydrogens (primary N) is 1. The van der Waals surface area contributed by atoms with E-state index in [2.05, 4.69) is 10.4 Å². The van der Waals surface area contributed by atoms with Gasteiger partial charge in [-0.15, -0.1) is 0 Å². The summed E-state index contributed by atoms with van der Waals surface area (Å²) >= 11 is 0. The molecular formula is C10H14N4O2. The Morgan fingerprint density at radius 1 is 1.62 bits per heavy atom. The Balaban J connectivity index is 2.09. The predicted octanol–water partition coefficient (Wildman–Crippen LogP) is -0.307. The van der Waals surface area contributed by atoms with E-state index in [4.69, 9.17) is 5.73 Å². The van der Waals surface area contributed by atoms with Crippen molar-refractivity contribution in [2.45, 2.75) is 31.8 Å².